The predicted molar refractivity (Wildman–Crippen MR) is 100 cm³/mol. The van der Waals surface area contributed by atoms with E-state index in [9.17, 15) is 10.1 Å². The van der Waals surface area contributed by atoms with E-state index in [-0.39, 0.29) is 11.4 Å². The van der Waals surface area contributed by atoms with E-state index in [1.165, 1.54) is 46.8 Å². The second-order valence-corrected chi connectivity index (χ2v) is 5.63. The quantitative estimate of drug-likeness (QED) is 0.444. The van der Waals surface area contributed by atoms with Crippen molar-refractivity contribution in [3.63, 3.8) is 0 Å². The molecule has 2 aromatic carbocycles. The molecule has 0 bridgehead atoms. The first-order valence-electron chi connectivity index (χ1n) is 8.11. The fourth-order valence-corrected chi connectivity index (χ4v) is 2.87. The van der Waals surface area contributed by atoms with Crippen molar-refractivity contribution < 1.29 is 28.4 Å². The van der Waals surface area contributed by atoms with Crippen LogP contribution >= 0.6 is 0 Å². The average Bonchev–Trinajstić information content (AvgIpc) is 3.21. The maximum atomic E-state index is 11.3. The molecule has 28 heavy (non-hydrogen) atoms. The van der Waals surface area contributed by atoms with E-state index in [4.69, 9.17) is 23.5 Å². The van der Waals surface area contributed by atoms with E-state index in [0.29, 0.717) is 39.7 Å². The molecule has 3 aromatic rings. The van der Waals surface area contributed by atoms with E-state index in [0.717, 1.165) is 0 Å². The molecule has 9 heteroatoms. The SMILES string of the molecule is COc1ccc(-c2cnoc2-c2cc(OC)c(OC)c(OC)c2)cc1[N+](=O)[O-]. The summed E-state index contributed by atoms with van der Waals surface area (Å²) in [5.74, 6) is 1.90. The van der Waals surface area contributed by atoms with Gasteiger partial charge >= 0.3 is 5.69 Å². The van der Waals surface area contributed by atoms with Gasteiger partial charge in [0, 0.05) is 17.2 Å². The monoisotopic (exact) mass is 386 g/mol. The summed E-state index contributed by atoms with van der Waals surface area (Å²) in [6.45, 7) is 0. The third-order valence-electron chi connectivity index (χ3n) is 4.18. The minimum Gasteiger partial charge on any atom is -0.493 e. The van der Waals surface area contributed by atoms with Gasteiger partial charge in [-0.2, -0.15) is 0 Å². The maximum absolute atomic E-state index is 11.3. The van der Waals surface area contributed by atoms with Gasteiger partial charge in [0.15, 0.2) is 23.0 Å². The Labute approximate surface area is 160 Å². The van der Waals surface area contributed by atoms with Crippen molar-refractivity contribution in [2.45, 2.75) is 0 Å². The highest BCUT2D eigenvalue weighted by molar-refractivity contribution is 5.82. The zero-order valence-corrected chi connectivity index (χ0v) is 15.7. The molecule has 0 aliphatic heterocycles. The fraction of sp³-hybridized carbons (Fsp3) is 0.211. The van der Waals surface area contributed by atoms with Gasteiger partial charge in [0.2, 0.25) is 5.75 Å². The highest BCUT2D eigenvalue weighted by Gasteiger charge is 2.22. The molecule has 1 aromatic heterocycles. The number of nitro benzene ring substituents is 1. The first-order chi connectivity index (χ1) is 13.5. The molecule has 3 rings (SSSR count). The second kappa shape index (κ2) is 7.87. The van der Waals surface area contributed by atoms with Crippen LogP contribution < -0.4 is 18.9 Å². The minimum absolute atomic E-state index is 0.156. The van der Waals surface area contributed by atoms with E-state index in [1.54, 1.807) is 18.2 Å². The van der Waals surface area contributed by atoms with Crippen LogP contribution in [0.1, 0.15) is 0 Å². The minimum atomic E-state index is -0.505. The largest absolute Gasteiger partial charge is 0.493 e. The standard InChI is InChI=1S/C19H18N2O7/c1-24-15-6-5-11(7-14(15)21(22)23)13-10-20-28-18(13)12-8-16(25-2)19(27-4)17(9-12)26-3/h5-10H,1-4H3. The van der Waals surface area contributed by atoms with Crippen LogP contribution in [0.3, 0.4) is 0 Å². The van der Waals surface area contributed by atoms with Crippen LogP contribution in [0.2, 0.25) is 0 Å². The lowest BCUT2D eigenvalue weighted by molar-refractivity contribution is -0.385. The molecule has 0 unspecified atom stereocenters. The normalized spacial score (nSPS) is 10.4. The number of hydrogen-bond acceptors (Lipinski definition) is 8. The van der Waals surface area contributed by atoms with Crippen molar-refractivity contribution in [2.24, 2.45) is 0 Å². The molecule has 0 saturated heterocycles. The topological polar surface area (TPSA) is 106 Å². The number of benzene rings is 2. The van der Waals surface area contributed by atoms with Gasteiger partial charge in [-0.1, -0.05) is 5.16 Å². The molecule has 1 heterocycles. The van der Waals surface area contributed by atoms with Gasteiger partial charge in [-0.3, -0.25) is 10.1 Å². The summed E-state index contributed by atoms with van der Waals surface area (Å²) in [6, 6.07) is 8.05. The summed E-state index contributed by atoms with van der Waals surface area (Å²) in [5, 5.41) is 15.2. The van der Waals surface area contributed by atoms with Crippen LogP contribution in [0.15, 0.2) is 41.1 Å². The first-order valence-corrected chi connectivity index (χ1v) is 8.11. The van der Waals surface area contributed by atoms with Gasteiger partial charge in [0.05, 0.1) is 39.6 Å². The summed E-state index contributed by atoms with van der Waals surface area (Å²) in [4.78, 5) is 10.8. The second-order valence-electron chi connectivity index (χ2n) is 5.63. The Kier molecular flexibility index (Phi) is 5.35. The molecular formula is C19H18N2O7. The Morgan fingerprint density at radius 3 is 2.07 bits per heavy atom. The molecule has 0 fully saturated rings. The summed E-state index contributed by atoms with van der Waals surface area (Å²) in [5.41, 5.74) is 1.58. The molecule has 0 saturated carbocycles. The molecule has 0 amide bonds. The fourth-order valence-electron chi connectivity index (χ4n) is 2.87. The third-order valence-corrected chi connectivity index (χ3v) is 4.18. The Hall–Kier alpha value is -3.75. The molecule has 9 nitrogen and oxygen atoms in total. The molecule has 0 aliphatic carbocycles. The Balaban J connectivity index is 2.16. The van der Waals surface area contributed by atoms with Gasteiger partial charge < -0.3 is 23.5 Å². The molecule has 0 N–H and O–H groups in total. The molecular weight excluding hydrogens is 368 g/mol. The summed E-state index contributed by atoms with van der Waals surface area (Å²) < 4.78 is 26.6. The first kappa shape index (κ1) is 19.0. The van der Waals surface area contributed by atoms with Crippen molar-refractivity contribution in [3.05, 3.63) is 46.6 Å². The van der Waals surface area contributed by atoms with Gasteiger partial charge in [-0.25, -0.2) is 0 Å². The third kappa shape index (κ3) is 3.29. The van der Waals surface area contributed by atoms with Crippen molar-refractivity contribution in [1.82, 2.24) is 5.16 Å². The van der Waals surface area contributed by atoms with Crippen LogP contribution in [-0.4, -0.2) is 38.5 Å². The van der Waals surface area contributed by atoms with Crippen LogP contribution in [0, 0.1) is 10.1 Å². The highest BCUT2D eigenvalue weighted by atomic mass is 16.6. The van der Waals surface area contributed by atoms with Gasteiger partial charge in [0.1, 0.15) is 0 Å². The summed E-state index contributed by atoms with van der Waals surface area (Å²) in [7, 11) is 5.91. The van der Waals surface area contributed by atoms with Gasteiger partial charge in [-0.15, -0.1) is 0 Å². The number of aromatic nitrogens is 1. The highest BCUT2D eigenvalue weighted by Crippen LogP contribution is 2.44. The number of rotatable bonds is 7. The predicted octanol–water partition coefficient (Wildman–Crippen LogP) is 3.95. The smallest absolute Gasteiger partial charge is 0.311 e. The lowest BCUT2D eigenvalue weighted by Gasteiger charge is -2.13. The Bertz CT molecular complexity index is 988. The van der Waals surface area contributed by atoms with Crippen molar-refractivity contribution in [2.75, 3.05) is 28.4 Å². The van der Waals surface area contributed by atoms with Gasteiger partial charge in [-0.05, 0) is 29.8 Å². The maximum Gasteiger partial charge on any atom is 0.311 e. The van der Waals surface area contributed by atoms with E-state index >= 15 is 0 Å². The van der Waals surface area contributed by atoms with E-state index in [2.05, 4.69) is 5.16 Å². The van der Waals surface area contributed by atoms with Crippen molar-refractivity contribution in [1.29, 1.82) is 0 Å². The van der Waals surface area contributed by atoms with Crippen LogP contribution in [0.4, 0.5) is 5.69 Å². The molecule has 146 valence electrons. The van der Waals surface area contributed by atoms with Crippen molar-refractivity contribution >= 4 is 5.69 Å². The molecule has 0 radical (unpaired) electrons. The molecule has 0 spiro atoms. The number of ether oxygens (including phenoxy) is 4. The van der Waals surface area contributed by atoms with E-state index < -0.39 is 4.92 Å². The summed E-state index contributed by atoms with van der Waals surface area (Å²) in [6.07, 6.45) is 1.49. The lowest BCUT2D eigenvalue weighted by atomic mass is 10.0. The Morgan fingerprint density at radius 2 is 1.54 bits per heavy atom. The lowest BCUT2D eigenvalue weighted by Crippen LogP contribution is -1.96. The zero-order valence-electron chi connectivity index (χ0n) is 15.7. The molecule has 0 atom stereocenters. The summed E-state index contributed by atoms with van der Waals surface area (Å²) >= 11 is 0. The average molecular weight is 386 g/mol. The van der Waals surface area contributed by atoms with Crippen LogP contribution in [0.5, 0.6) is 23.0 Å². The Morgan fingerprint density at radius 1 is 0.893 bits per heavy atom. The molecule has 0 aliphatic rings. The van der Waals surface area contributed by atoms with Crippen LogP contribution in [0.25, 0.3) is 22.5 Å². The van der Waals surface area contributed by atoms with Gasteiger partial charge in [0.25, 0.3) is 0 Å². The zero-order chi connectivity index (χ0) is 20.3. The number of methoxy groups -OCH3 is 4. The van der Waals surface area contributed by atoms with E-state index in [1.807, 2.05) is 0 Å². The number of hydrogen-bond donors (Lipinski definition) is 0. The van der Waals surface area contributed by atoms with Crippen molar-refractivity contribution in [3.8, 4) is 45.4 Å². The number of nitro groups is 1. The van der Waals surface area contributed by atoms with Crippen LogP contribution in [-0.2, 0) is 0 Å². The number of nitrogens with zero attached hydrogens (tertiary/aromatic N) is 2.